The van der Waals surface area contributed by atoms with Crippen molar-refractivity contribution in [3.8, 4) is 16.9 Å². The molecule has 0 saturated heterocycles. The third-order valence-corrected chi connectivity index (χ3v) is 7.60. The highest BCUT2D eigenvalue weighted by atomic mass is 32.1. The van der Waals surface area contributed by atoms with Gasteiger partial charge in [-0.3, -0.25) is 0 Å². The molecule has 1 aliphatic carbocycles. The van der Waals surface area contributed by atoms with Crippen LogP contribution in [-0.2, 0) is 0 Å². The molecule has 2 aromatic carbocycles. The Bertz CT molecular complexity index is 1250. The van der Waals surface area contributed by atoms with E-state index in [-0.39, 0.29) is 0 Å². The van der Waals surface area contributed by atoms with Crippen molar-refractivity contribution in [3.63, 3.8) is 0 Å². The van der Waals surface area contributed by atoms with Crippen molar-refractivity contribution < 1.29 is 0 Å². The lowest BCUT2D eigenvalue weighted by Crippen LogP contribution is -2.04. The van der Waals surface area contributed by atoms with Gasteiger partial charge in [0.05, 0.1) is 5.69 Å². The molecule has 2 aromatic heterocycles. The molecule has 5 rings (SSSR count). The molecule has 1 fully saturated rings. The molecule has 0 N–H and O–H groups in total. The zero-order valence-electron chi connectivity index (χ0n) is 19.7. The Morgan fingerprint density at radius 3 is 2.39 bits per heavy atom. The van der Waals surface area contributed by atoms with Gasteiger partial charge in [-0.1, -0.05) is 61.2 Å². The van der Waals surface area contributed by atoms with Crippen LogP contribution in [-0.4, -0.2) is 15.8 Å². The van der Waals surface area contributed by atoms with Crippen molar-refractivity contribution in [2.75, 3.05) is 0 Å². The summed E-state index contributed by atoms with van der Waals surface area (Å²) >= 11 is 1.59. The van der Waals surface area contributed by atoms with E-state index in [1.807, 2.05) is 6.21 Å². The molecule has 168 valence electrons. The van der Waals surface area contributed by atoms with Crippen LogP contribution in [0.1, 0.15) is 66.1 Å². The molecule has 1 aliphatic rings. The highest BCUT2D eigenvalue weighted by Crippen LogP contribution is 2.34. The fourth-order valence-corrected chi connectivity index (χ4v) is 5.62. The predicted molar refractivity (Wildman–Crippen MR) is 141 cm³/mol. The molecule has 2 heterocycles. The van der Waals surface area contributed by atoms with Crippen molar-refractivity contribution in [1.82, 2.24) is 9.55 Å². The SMILES string of the molecule is Cc1ccc(-n2c(C)cc(C=Nc3nc(-c4ccc(C5CCCCC5)cc4)cs3)c2C)cc1. The van der Waals surface area contributed by atoms with Crippen LogP contribution in [0.2, 0.25) is 0 Å². The number of thiazole rings is 1. The van der Waals surface area contributed by atoms with E-state index in [1.165, 1.54) is 65.9 Å². The fourth-order valence-electron chi connectivity index (χ4n) is 4.95. The molecular weight excluding hydrogens is 422 g/mol. The standard InChI is InChI=1S/C29H31N3S/c1-20-9-15-27(16-10-20)32-21(2)17-26(22(32)3)18-30-29-31-28(19-33-29)25-13-11-24(12-14-25)23-7-5-4-6-8-23/h9-19,23H,4-8H2,1-3H3. The molecule has 0 amide bonds. The van der Waals surface area contributed by atoms with Gasteiger partial charge >= 0.3 is 0 Å². The van der Waals surface area contributed by atoms with Gasteiger partial charge in [-0.15, -0.1) is 11.3 Å². The lowest BCUT2D eigenvalue weighted by atomic mass is 9.84. The first kappa shape index (κ1) is 21.8. The lowest BCUT2D eigenvalue weighted by Gasteiger charge is -2.22. The summed E-state index contributed by atoms with van der Waals surface area (Å²) in [6.45, 7) is 6.41. The van der Waals surface area contributed by atoms with Crippen LogP contribution < -0.4 is 0 Å². The van der Waals surface area contributed by atoms with Gasteiger partial charge in [0.15, 0.2) is 0 Å². The Morgan fingerprint density at radius 1 is 0.939 bits per heavy atom. The summed E-state index contributed by atoms with van der Waals surface area (Å²) in [5, 5.41) is 2.90. The minimum absolute atomic E-state index is 0.738. The van der Waals surface area contributed by atoms with E-state index in [9.17, 15) is 0 Å². The molecule has 0 atom stereocenters. The second-order valence-electron chi connectivity index (χ2n) is 9.23. The van der Waals surface area contributed by atoms with Gasteiger partial charge in [0.25, 0.3) is 0 Å². The third-order valence-electron chi connectivity index (χ3n) is 6.85. The maximum atomic E-state index is 4.78. The first-order valence-corrected chi connectivity index (χ1v) is 12.8. The van der Waals surface area contributed by atoms with Gasteiger partial charge in [0.2, 0.25) is 5.13 Å². The minimum atomic E-state index is 0.738. The quantitative estimate of drug-likeness (QED) is 0.279. The molecule has 33 heavy (non-hydrogen) atoms. The second-order valence-corrected chi connectivity index (χ2v) is 10.1. The summed E-state index contributed by atoms with van der Waals surface area (Å²) in [4.78, 5) is 9.48. The van der Waals surface area contributed by atoms with Crippen molar-refractivity contribution in [2.24, 2.45) is 4.99 Å². The van der Waals surface area contributed by atoms with Crippen LogP contribution >= 0.6 is 11.3 Å². The van der Waals surface area contributed by atoms with Crippen LogP contribution in [0.3, 0.4) is 0 Å². The Labute approximate surface area is 200 Å². The summed E-state index contributed by atoms with van der Waals surface area (Å²) in [5.74, 6) is 0.738. The zero-order valence-corrected chi connectivity index (χ0v) is 20.5. The Balaban J connectivity index is 1.32. The van der Waals surface area contributed by atoms with Crippen molar-refractivity contribution >= 4 is 22.7 Å². The van der Waals surface area contributed by atoms with Gasteiger partial charge in [-0.2, -0.15) is 0 Å². The Morgan fingerprint density at radius 2 is 1.67 bits per heavy atom. The van der Waals surface area contributed by atoms with Crippen LogP contribution in [0.4, 0.5) is 5.13 Å². The first-order valence-electron chi connectivity index (χ1n) is 11.9. The summed E-state index contributed by atoms with van der Waals surface area (Å²) in [5.41, 5.74) is 9.63. The molecule has 3 nitrogen and oxygen atoms in total. The number of hydrogen-bond acceptors (Lipinski definition) is 3. The number of aryl methyl sites for hydroxylation is 2. The summed E-state index contributed by atoms with van der Waals surface area (Å²) < 4.78 is 2.28. The molecular formula is C29H31N3S. The minimum Gasteiger partial charge on any atom is -0.318 e. The number of aliphatic imine (C=N–C) groups is 1. The number of hydrogen-bond donors (Lipinski definition) is 0. The predicted octanol–water partition coefficient (Wildman–Crippen LogP) is 8.32. The Hall–Kier alpha value is -2.98. The summed E-state index contributed by atoms with van der Waals surface area (Å²) in [6.07, 6.45) is 8.74. The maximum absolute atomic E-state index is 4.78. The number of benzene rings is 2. The second kappa shape index (κ2) is 9.48. The topological polar surface area (TPSA) is 30.2 Å². The van der Waals surface area contributed by atoms with Crippen LogP contribution in [0, 0.1) is 20.8 Å². The van der Waals surface area contributed by atoms with Gasteiger partial charge in [-0.05, 0) is 63.3 Å². The molecule has 0 bridgehead atoms. The largest absolute Gasteiger partial charge is 0.318 e. The smallest absolute Gasteiger partial charge is 0.209 e. The molecule has 1 saturated carbocycles. The molecule has 4 aromatic rings. The van der Waals surface area contributed by atoms with Crippen molar-refractivity contribution in [2.45, 2.75) is 58.8 Å². The highest BCUT2D eigenvalue weighted by Gasteiger charge is 2.15. The van der Waals surface area contributed by atoms with E-state index in [0.29, 0.717) is 0 Å². The molecule has 0 aliphatic heterocycles. The van der Waals surface area contributed by atoms with Gasteiger partial charge in [0.1, 0.15) is 0 Å². The van der Waals surface area contributed by atoms with E-state index >= 15 is 0 Å². The molecule has 0 radical (unpaired) electrons. The third kappa shape index (κ3) is 4.72. The van der Waals surface area contributed by atoms with Crippen molar-refractivity contribution in [3.05, 3.63) is 88.1 Å². The van der Waals surface area contributed by atoms with E-state index in [4.69, 9.17) is 9.98 Å². The Kier molecular flexibility index (Phi) is 6.28. The van der Waals surface area contributed by atoms with Crippen LogP contribution in [0.5, 0.6) is 0 Å². The lowest BCUT2D eigenvalue weighted by molar-refractivity contribution is 0.443. The zero-order chi connectivity index (χ0) is 22.8. The van der Waals surface area contributed by atoms with Gasteiger partial charge in [0, 0.05) is 39.8 Å². The van der Waals surface area contributed by atoms with Gasteiger partial charge < -0.3 is 4.57 Å². The van der Waals surface area contributed by atoms with E-state index < -0.39 is 0 Å². The van der Waals surface area contributed by atoms with E-state index in [0.717, 1.165) is 22.3 Å². The molecule has 0 unspecified atom stereocenters. The summed E-state index contributed by atoms with van der Waals surface area (Å²) in [6, 6.07) is 19.9. The average Bonchev–Trinajstić information content (AvgIpc) is 3.43. The van der Waals surface area contributed by atoms with Crippen LogP contribution in [0.25, 0.3) is 16.9 Å². The first-order chi connectivity index (χ1) is 16.1. The van der Waals surface area contributed by atoms with Gasteiger partial charge in [-0.25, -0.2) is 9.98 Å². The number of aromatic nitrogens is 2. The monoisotopic (exact) mass is 453 g/mol. The maximum Gasteiger partial charge on any atom is 0.209 e. The summed E-state index contributed by atoms with van der Waals surface area (Å²) in [7, 11) is 0. The molecule has 0 spiro atoms. The van der Waals surface area contributed by atoms with E-state index in [1.54, 1.807) is 11.3 Å². The fraction of sp³-hybridized carbons (Fsp3) is 0.310. The average molecular weight is 454 g/mol. The molecule has 4 heteroatoms. The normalized spacial score (nSPS) is 14.9. The van der Waals surface area contributed by atoms with Crippen LogP contribution in [0.15, 0.2) is 65.0 Å². The number of rotatable bonds is 5. The van der Waals surface area contributed by atoms with Crippen molar-refractivity contribution in [1.29, 1.82) is 0 Å². The number of nitrogens with zero attached hydrogens (tertiary/aromatic N) is 3. The highest BCUT2D eigenvalue weighted by molar-refractivity contribution is 7.13. The van der Waals surface area contributed by atoms with E-state index in [2.05, 4.69) is 85.3 Å².